The van der Waals surface area contributed by atoms with Crippen molar-refractivity contribution in [2.24, 2.45) is 5.73 Å². The summed E-state index contributed by atoms with van der Waals surface area (Å²) in [7, 11) is 0. The first-order valence-corrected chi connectivity index (χ1v) is 9.60. The monoisotopic (exact) mass is 394 g/mol. The molecule has 0 bridgehead atoms. The first-order chi connectivity index (χ1) is 14.5. The third-order valence-corrected chi connectivity index (χ3v) is 4.63. The van der Waals surface area contributed by atoms with Crippen molar-refractivity contribution < 1.29 is 0 Å². The maximum absolute atomic E-state index is 7.63. The number of nitrogens with two attached hydrogens (primary N) is 1. The lowest BCUT2D eigenvalue weighted by Crippen LogP contribution is -2.02. The summed E-state index contributed by atoms with van der Waals surface area (Å²) in [6.07, 6.45) is 1.61. The second-order valence-corrected chi connectivity index (χ2v) is 7.07. The van der Waals surface area contributed by atoms with E-state index in [1.165, 1.54) is 0 Å². The maximum atomic E-state index is 7.63. The van der Waals surface area contributed by atoms with Crippen LogP contribution in [-0.4, -0.2) is 25.9 Å². The number of rotatable bonds is 5. The first kappa shape index (κ1) is 19.3. The fourth-order valence-electron chi connectivity index (χ4n) is 3.27. The van der Waals surface area contributed by atoms with Crippen LogP contribution in [0.4, 0.5) is 0 Å². The molecule has 0 radical (unpaired) electrons. The largest absolute Gasteiger partial charge is 0.397 e. The Morgan fingerprint density at radius 2 is 1.53 bits per heavy atom. The van der Waals surface area contributed by atoms with Crippen LogP contribution >= 0.6 is 0 Å². The molecule has 0 aliphatic rings. The van der Waals surface area contributed by atoms with Gasteiger partial charge in [-0.15, -0.1) is 0 Å². The van der Waals surface area contributed by atoms with Crippen molar-refractivity contribution in [1.29, 1.82) is 5.41 Å². The highest BCUT2D eigenvalue weighted by molar-refractivity contribution is 5.96. The number of nitrogens with zero attached hydrogens (tertiary/aromatic N) is 3. The van der Waals surface area contributed by atoms with E-state index in [1.807, 2.05) is 73.7 Å². The molecule has 30 heavy (non-hydrogen) atoms. The number of aryl methyl sites for hydroxylation is 1. The number of nitrogens with one attached hydrogen (secondary N) is 2. The molecule has 0 amide bonds. The lowest BCUT2D eigenvalue weighted by Gasteiger charge is -2.11. The summed E-state index contributed by atoms with van der Waals surface area (Å²) < 4.78 is 0. The van der Waals surface area contributed by atoms with Crippen LogP contribution in [0.2, 0.25) is 0 Å². The van der Waals surface area contributed by atoms with Gasteiger partial charge in [0.25, 0.3) is 0 Å². The molecule has 4 N–H and O–H groups in total. The fraction of sp³-hybridized carbons (Fsp3) is 0.0833. The van der Waals surface area contributed by atoms with Gasteiger partial charge in [0.15, 0.2) is 0 Å². The minimum absolute atomic E-state index is 0.384. The first-order valence-electron chi connectivity index (χ1n) is 9.60. The molecule has 0 atom stereocenters. The minimum atomic E-state index is 0.384. The molecular weight excluding hydrogens is 372 g/mol. The van der Waals surface area contributed by atoms with Crippen molar-refractivity contribution >= 4 is 11.4 Å². The smallest absolute Gasteiger partial charge is 0.0887 e. The Bertz CT molecular complexity index is 1250. The number of pyridine rings is 2. The van der Waals surface area contributed by atoms with Gasteiger partial charge in [0.2, 0.25) is 0 Å². The molecule has 0 spiro atoms. The Morgan fingerprint density at radius 1 is 0.900 bits per heavy atom. The van der Waals surface area contributed by atoms with E-state index in [0.717, 1.165) is 39.6 Å². The van der Waals surface area contributed by atoms with Gasteiger partial charge in [-0.1, -0.05) is 36.4 Å². The van der Waals surface area contributed by atoms with Crippen LogP contribution in [0.5, 0.6) is 0 Å². The molecule has 0 aliphatic carbocycles. The summed E-state index contributed by atoms with van der Waals surface area (Å²) in [5, 5.41) is 14.9. The topological polar surface area (TPSA) is 104 Å². The van der Waals surface area contributed by atoms with Gasteiger partial charge in [-0.25, -0.2) is 9.97 Å². The minimum Gasteiger partial charge on any atom is -0.397 e. The molecule has 0 aliphatic heterocycles. The van der Waals surface area contributed by atoms with Gasteiger partial charge >= 0.3 is 0 Å². The van der Waals surface area contributed by atoms with Crippen molar-refractivity contribution in [1.82, 2.24) is 20.2 Å². The molecular formula is C24H22N6. The van der Waals surface area contributed by atoms with E-state index in [4.69, 9.17) is 21.1 Å². The van der Waals surface area contributed by atoms with Crippen molar-refractivity contribution in [2.45, 2.75) is 13.8 Å². The van der Waals surface area contributed by atoms with Crippen LogP contribution in [0.25, 0.3) is 39.6 Å². The summed E-state index contributed by atoms with van der Waals surface area (Å²) in [4.78, 5) is 9.58. The van der Waals surface area contributed by atoms with Crippen molar-refractivity contribution in [3.63, 3.8) is 0 Å². The van der Waals surface area contributed by atoms with E-state index in [0.29, 0.717) is 17.1 Å². The number of aromatic nitrogens is 4. The van der Waals surface area contributed by atoms with Gasteiger partial charge in [0.1, 0.15) is 0 Å². The zero-order chi connectivity index (χ0) is 21.1. The summed E-state index contributed by atoms with van der Waals surface area (Å²) >= 11 is 0. The van der Waals surface area contributed by atoms with Crippen LogP contribution in [0, 0.1) is 12.3 Å². The SMILES string of the molecule is CC(=N)/C=C(\N)c1cccc(-c2ccccc2-c2cccc(-c3cc(C)n[nH]3)n2)n1. The Balaban J connectivity index is 1.79. The van der Waals surface area contributed by atoms with E-state index in [9.17, 15) is 0 Å². The Hall–Kier alpha value is -4.06. The van der Waals surface area contributed by atoms with E-state index >= 15 is 0 Å². The fourth-order valence-corrected chi connectivity index (χ4v) is 3.27. The predicted molar refractivity (Wildman–Crippen MR) is 121 cm³/mol. The number of hydrogen-bond acceptors (Lipinski definition) is 5. The third-order valence-electron chi connectivity index (χ3n) is 4.63. The number of hydrogen-bond donors (Lipinski definition) is 3. The van der Waals surface area contributed by atoms with Gasteiger partial charge in [0.05, 0.1) is 39.9 Å². The average Bonchev–Trinajstić information content (AvgIpc) is 3.20. The normalized spacial score (nSPS) is 11.5. The zero-order valence-corrected chi connectivity index (χ0v) is 16.8. The van der Waals surface area contributed by atoms with Gasteiger partial charge in [-0.05, 0) is 50.3 Å². The second-order valence-electron chi connectivity index (χ2n) is 7.07. The Morgan fingerprint density at radius 3 is 2.17 bits per heavy atom. The molecule has 0 unspecified atom stereocenters. The van der Waals surface area contributed by atoms with Gasteiger partial charge in [-0.3, -0.25) is 5.10 Å². The van der Waals surface area contributed by atoms with Crippen molar-refractivity contribution in [3.05, 3.63) is 84.2 Å². The highest BCUT2D eigenvalue weighted by Crippen LogP contribution is 2.31. The number of allylic oxidation sites excluding steroid dienone is 1. The molecule has 148 valence electrons. The summed E-state index contributed by atoms with van der Waals surface area (Å²) in [5.74, 6) is 0. The molecule has 0 fully saturated rings. The summed E-state index contributed by atoms with van der Waals surface area (Å²) in [6.45, 7) is 3.63. The van der Waals surface area contributed by atoms with Gasteiger partial charge in [-0.2, -0.15) is 5.10 Å². The number of H-pyrrole nitrogens is 1. The van der Waals surface area contributed by atoms with E-state index in [2.05, 4.69) is 10.2 Å². The lowest BCUT2D eigenvalue weighted by atomic mass is 10.00. The Kier molecular flexibility index (Phi) is 5.22. The van der Waals surface area contributed by atoms with Gasteiger partial charge in [0, 0.05) is 16.8 Å². The predicted octanol–water partition coefficient (Wildman–Crippen LogP) is 4.85. The molecule has 1 aromatic carbocycles. The molecule has 6 heteroatoms. The highest BCUT2D eigenvalue weighted by Gasteiger charge is 2.12. The number of aromatic amines is 1. The van der Waals surface area contributed by atoms with E-state index in [1.54, 1.807) is 13.0 Å². The second kappa shape index (κ2) is 8.13. The van der Waals surface area contributed by atoms with Crippen LogP contribution in [0.15, 0.2) is 72.8 Å². The molecule has 0 saturated carbocycles. The third kappa shape index (κ3) is 4.03. The average molecular weight is 394 g/mol. The van der Waals surface area contributed by atoms with Crippen LogP contribution in [-0.2, 0) is 0 Å². The molecule has 4 rings (SSSR count). The molecule has 0 saturated heterocycles. The van der Waals surface area contributed by atoms with Gasteiger partial charge < -0.3 is 11.1 Å². The van der Waals surface area contributed by atoms with E-state index in [-0.39, 0.29) is 0 Å². The van der Waals surface area contributed by atoms with Crippen LogP contribution in [0.1, 0.15) is 18.3 Å². The van der Waals surface area contributed by atoms with Crippen molar-refractivity contribution in [2.75, 3.05) is 0 Å². The Labute approximate surface area is 175 Å². The maximum Gasteiger partial charge on any atom is 0.0887 e. The van der Waals surface area contributed by atoms with Crippen LogP contribution < -0.4 is 5.73 Å². The molecule has 3 heterocycles. The molecule has 6 nitrogen and oxygen atoms in total. The summed E-state index contributed by atoms with van der Waals surface area (Å²) in [6, 6.07) is 21.7. The molecule has 4 aromatic rings. The number of benzene rings is 1. The van der Waals surface area contributed by atoms with Crippen LogP contribution in [0.3, 0.4) is 0 Å². The zero-order valence-electron chi connectivity index (χ0n) is 16.8. The lowest BCUT2D eigenvalue weighted by molar-refractivity contribution is 1.05. The standard InChI is InChI=1S/C24H22N6/c1-15(25)13-19(26)22-11-5-9-20(27-22)17-7-3-4-8-18(17)21-10-6-12-23(28-21)24-14-16(2)29-30-24/h3-14,25H,26H2,1-2H3,(H,29,30)/b19-13-,25-15?. The quantitative estimate of drug-likeness (QED) is 0.421. The molecule has 3 aromatic heterocycles. The van der Waals surface area contributed by atoms with Crippen molar-refractivity contribution in [3.8, 4) is 33.9 Å². The summed E-state index contributed by atoms with van der Waals surface area (Å²) in [5.41, 5.74) is 13.8. The highest BCUT2D eigenvalue weighted by atomic mass is 15.1. The van der Waals surface area contributed by atoms with E-state index < -0.39 is 0 Å².